The van der Waals surface area contributed by atoms with Crippen molar-refractivity contribution in [2.75, 3.05) is 12.4 Å². The van der Waals surface area contributed by atoms with Crippen molar-refractivity contribution in [3.63, 3.8) is 0 Å². The molecule has 6 nitrogen and oxygen atoms in total. The molecular weight excluding hydrogens is 426 g/mol. The van der Waals surface area contributed by atoms with Gasteiger partial charge in [0.2, 0.25) is 5.91 Å². The number of aryl methyl sites for hydroxylation is 2. The van der Waals surface area contributed by atoms with E-state index in [-0.39, 0.29) is 24.8 Å². The van der Waals surface area contributed by atoms with Gasteiger partial charge in [0.25, 0.3) is 0 Å². The Morgan fingerprint density at radius 2 is 1.82 bits per heavy atom. The van der Waals surface area contributed by atoms with Crippen LogP contribution in [0.3, 0.4) is 0 Å². The third-order valence-electron chi connectivity index (χ3n) is 6.03. The third kappa shape index (κ3) is 5.29. The third-order valence-corrected chi connectivity index (χ3v) is 6.03. The number of fused-ring (bicyclic) bond motifs is 1. The summed E-state index contributed by atoms with van der Waals surface area (Å²) in [6.45, 7) is 2.04. The molecule has 0 aliphatic heterocycles. The lowest BCUT2D eigenvalue weighted by Gasteiger charge is -2.23. The summed E-state index contributed by atoms with van der Waals surface area (Å²) in [5.41, 5.74) is 6.89. The van der Waals surface area contributed by atoms with Gasteiger partial charge in [-0.1, -0.05) is 48.5 Å². The Hall–Kier alpha value is -4.06. The van der Waals surface area contributed by atoms with Gasteiger partial charge in [-0.3, -0.25) is 9.59 Å². The van der Waals surface area contributed by atoms with E-state index in [0.29, 0.717) is 6.42 Å². The average molecular weight is 456 g/mol. The molecule has 0 radical (unpaired) electrons. The number of H-pyrrole nitrogens is 1. The normalized spacial score (nSPS) is 11.8. The van der Waals surface area contributed by atoms with Crippen LogP contribution in [0.2, 0.25) is 0 Å². The zero-order chi connectivity index (χ0) is 24.1. The van der Waals surface area contributed by atoms with Crippen molar-refractivity contribution >= 4 is 28.5 Å². The van der Waals surface area contributed by atoms with E-state index in [1.54, 1.807) is 0 Å². The van der Waals surface area contributed by atoms with Crippen molar-refractivity contribution < 1.29 is 14.7 Å². The lowest BCUT2D eigenvalue weighted by molar-refractivity contribution is -0.137. The van der Waals surface area contributed by atoms with Crippen LogP contribution in [0.25, 0.3) is 10.9 Å². The number of hydrogen-bond donors (Lipinski definition) is 4. The number of rotatable bonds is 9. The standard InChI is InChI=1S/C28H29N3O3/c1-18-8-11-22(25(14-18)29-2)28(20-6-4-3-5-7-20)31-26(32)16-19-9-12-24-23(15-19)21(17-30-24)10-13-27(33)34/h3-9,11-12,14-15,17,28-30H,10,13,16H2,1-2H3,(H,31,32)(H,33,34). The second-order valence-electron chi connectivity index (χ2n) is 8.52. The van der Waals surface area contributed by atoms with Crippen molar-refractivity contribution in [3.8, 4) is 0 Å². The molecule has 0 aliphatic carbocycles. The number of carboxylic acids is 1. The van der Waals surface area contributed by atoms with E-state index in [2.05, 4.69) is 33.8 Å². The van der Waals surface area contributed by atoms with E-state index in [4.69, 9.17) is 5.11 Å². The number of aromatic amines is 1. The first-order valence-corrected chi connectivity index (χ1v) is 11.4. The van der Waals surface area contributed by atoms with Crippen molar-refractivity contribution in [2.45, 2.75) is 32.2 Å². The monoisotopic (exact) mass is 455 g/mol. The van der Waals surface area contributed by atoms with Crippen LogP contribution in [-0.4, -0.2) is 29.0 Å². The number of anilines is 1. The molecule has 34 heavy (non-hydrogen) atoms. The number of benzene rings is 3. The Morgan fingerprint density at radius 1 is 1.03 bits per heavy atom. The Kier molecular flexibility index (Phi) is 6.97. The van der Waals surface area contributed by atoms with E-state index >= 15 is 0 Å². The minimum absolute atomic E-state index is 0.0702. The van der Waals surface area contributed by atoms with E-state index in [0.717, 1.165) is 44.4 Å². The van der Waals surface area contributed by atoms with E-state index in [1.165, 1.54) is 0 Å². The first-order valence-electron chi connectivity index (χ1n) is 11.4. The van der Waals surface area contributed by atoms with Gasteiger partial charge in [-0.15, -0.1) is 0 Å². The largest absolute Gasteiger partial charge is 0.481 e. The molecule has 4 N–H and O–H groups in total. The molecule has 174 valence electrons. The SMILES string of the molecule is CNc1cc(C)ccc1C(NC(=O)Cc1ccc2[nH]cc(CCC(=O)O)c2c1)c1ccccc1. The molecule has 4 rings (SSSR count). The predicted molar refractivity (Wildman–Crippen MR) is 135 cm³/mol. The van der Waals surface area contributed by atoms with Crippen LogP contribution in [0.1, 0.15) is 40.3 Å². The summed E-state index contributed by atoms with van der Waals surface area (Å²) in [7, 11) is 1.89. The number of nitrogens with one attached hydrogen (secondary N) is 3. The topological polar surface area (TPSA) is 94.2 Å². The summed E-state index contributed by atoms with van der Waals surface area (Å²) in [6.07, 6.45) is 2.59. The summed E-state index contributed by atoms with van der Waals surface area (Å²) in [4.78, 5) is 27.4. The molecule has 4 aromatic rings. The Labute approximate surface area is 199 Å². The van der Waals surface area contributed by atoms with Gasteiger partial charge in [0.15, 0.2) is 0 Å². The van der Waals surface area contributed by atoms with Crippen LogP contribution in [-0.2, 0) is 22.4 Å². The molecule has 0 spiro atoms. The molecule has 0 aliphatic rings. The first kappa shape index (κ1) is 23.1. The second-order valence-corrected chi connectivity index (χ2v) is 8.52. The maximum atomic E-state index is 13.2. The fourth-order valence-corrected chi connectivity index (χ4v) is 4.31. The van der Waals surface area contributed by atoms with Crippen molar-refractivity contribution in [1.29, 1.82) is 0 Å². The fraction of sp³-hybridized carbons (Fsp3) is 0.214. The van der Waals surface area contributed by atoms with Gasteiger partial charge in [-0.25, -0.2) is 0 Å². The van der Waals surface area contributed by atoms with E-state index < -0.39 is 5.97 Å². The fourth-order valence-electron chi connectivity index (χ4n) is 4.31. The van der Waals surface area contributed by atoms with Gasteiger partial charge < -0.3 is 20.7 Å². The summed E-state index contributed by atoms with van der Waals surface area (Å²) in [6, 6.07) is 21.7. The number of aromatic nitrogens is 1. The number of carbonyl (C=O) groups excluding carboxylic acids is 1. The second kappa shape index (κ2) is 10.3. The van der Waals surface area contributed by atoms with Gasteiger partial charge in [-0.05, 0) is 53.8 Å². The molecule has 0 fully saturated rings. The van der Waals surface area contributed by atoms with Gasteiger partial charge >= 0.3 is 5.97 Å². The molecule has 1 atom stereocenters. The first-order chi connectivity index (χ1) is 16.4. The number of amides is 1. The molecule has 1 unspecified atom stereocenters. The number of aliphatic carboxylic acids is 1. The average Bonchev–Trinajstić information content (AvgIpc) is 3.24. The molecule has 0 bridgehead atoms. The molecule has 0 saturated heterocycles. The van der Waals surface area contributed by atoms with Crippen molar-refractivity contribution in [1.82, 2.24) is 10.3 Å². The highest BCUT2D eigenvalue weighted by atomic mass is 16.4. The van der Waals surface area contributed by atoms with E-state index in [1.807, 2.05) is 68.7 Å². The summed E-state index contributed by atoms with van der Waals surface area (Å²) >= 11 is 0. The molecule has 1 heterocycles. The molecule has 0 saturated carbocycles. The highest BCUT2D eigenvalue weighted by Crippen LogP contribution is 2.29. The Balaban J connectivity index is 1.58. The van der Waals surface area contributed by atoms with Crippen LogP contribution < -0.4 is 10.6 Å². The number of hydrogen-bond acceptors (Lipinski definition) is 3. The summed E-state index contributed by atoms with van der Waals surface area (Å²) in [5.74, 6) is -0.910. The number of carboxylic acid groups (broad SMARTS) is 1. The van der Waals surface area contributed by atoms with Crippen LogP contribution in [0.4, 0.5) is 5.69 Å². The summed E-state index contributed by atoms with van der Waals surface area (Å²) in [5, 5.41) is 16.5. The lowest BCUT2D eigenvalue weighted by atomic mass is 9.95. The molecule has 6 heteroatoms. The quantitative estimate of drug-likeness (QED) is 0.286. The van der Waals surface area contributed by atoms with E-state index in [9.17, 15) is 9.59 Å². The van der Waals surface area contributed by atoms with Crippen LogP contribution in [0.5, 0.6) is 0 Å². The lowest BCUT2D eigenvalue weighted by Crippen LogP contribution is -2.31. The van der Waals surface area contributed by atoms with Crippen LogP contribution in [0, 0.1) is 6.92 Å². The van der Waals surface area contributed by atoms with Crippen molar-refractivity contribution in [3.05, 3.63) is 101 Å². The highest BCUT2D eigenvalue weighted by Gasteiger charge is 2.20. The molecular formula is C28H29N3O3. The molecule has 1 amide bonds. The van der Waals surface area contributed by atoms with Crippen molar-refractivity contribution in [2.24, 2.45) is 0 Å². The van der Waals surface area contributed by atoms with Gasteiger partial charge in [0.05, 0.1) is 12.5 Å². The minimum Gasteiger partial charge on any atom is -0.481 e. The summed E-state index contributed by atoms with van der Waals surface area (Å²) < 4.78 is 0. The highest BCUT2D eigenvalue weighted by molar-refractivity contribution is 5.86. The van der Waals surface area contributed by atoms with Gasteiger partial charge in [-0.2, -0.15) is 0 Å². The Morgan fingerprint density at radius 3 is 2.56 bits per heavy atom. The Bertz CT molecular complexity index is 1310. The minimum atomic E-state index is -0.825. The van der Waals surface area contributed by atoms with Crippen LogP contribution >= 0.6 is 0 Å². The molecule has 1 aromatic heterocycles. The molecule has 3 aromatic carbocycles. The number of carbonyl (C=O) groups is 2. The maximum Gasteiger partial charge on any atom is 0.303 e. The van der Waals surface area contributed by atoms with Gasteiger partial charge in [0, 0.05) is 41.8 Å². The smallest absolute Gasteiger partial charge is 0.303 e. The van der Waals surface area contributed by atoms with Crippen LogP contribution in [0.15, 0.2) is 72.9 Å². The maximum absolute atomic E-state index is 13.2. The predicted octanol–water partition coefficient (Wildman–Crippen LogP) is 4.98. The zero-order valence-corrected chi connectivity index (χ0v) is 19.4. The zero-order valence-electron chi connectivity index (χ0n) is 19.4. The van der Waals surface area contributed by atoms with Gasteiger partial charge in [0.1, 0.15) is 0 Å².